The second kappa shape index (κ2) is 5.40. The molecule has 1 amide bonds. The summed E-state index contributed by atoms with van der Waals surface area (Å²) in [5, 5.41) is 18.8. The summed E-state index contributed by atoms with van der Waals surface area (Å²) in [6.45, 7) is 0. The van der Waals surface area contributed by atoms with Crippen LogP contribution in [0, 0.1) is 0 Å². The number of carboxylic acid groups (broad SMARTS) is 1. The number of aromatic hydroxyl groups is 1. The number of benzene rings is 1. The molecule has 0 aromatic heterocycles. The average Bonchev–Trinajstić information content (AvgIpc) is 2.87. The first kappa shape index (κ1) is 13.5. The van der Waals surface area contributed by atoms with Gasteiger partial charge in [0.05, 0.1) is 18.6 Å². The molecular formula is C12H13NO5S. The van der Waals surface area contributed by atoms with Gasteiger partial charge in [-0.1, -0.05) is 0 Å². The number of phenolic OH excluding ortho intramolecular Hbond substituents is 1. The van der Waals surface area contributed by atoms with E-state index in [-0.39, 0.29) is 11.3 Å². The van der Waals surface area contributed by atoms with Crippen LogP contribution in [0.15, 0.2) is 18.2 Å². The van der Waals surface area contributed by atoms with E-state index in [4.69, 9.17) is 9.84 Å². The molecule has 0 radical (unpaired) electrons. The van der Waals surface area contributed by atoms with Crippen molar-refractivity contribution >= 4 is 23.6 Å². The fourth-order valence-electron chi connectivity index (χ4n) is 1.82. The molecule has 102 valence electrons. The van der Waals surface area contributed by atoms with Crippen LogP contribution >= 0.6 is 11.8 Å². The molecule has 1 aromatic carbocycles. The maximum Gasteiger partial charge on any atom is 0.327 e. The van der Waals surface area contributed by atoms with Gasteiger partial charge >= 0.3 is 5.97 Å². The highest BCUT2D eigenvalue weighted by Gasteiger charge is 2.35. The van der Waals surface area contributed by atoms with E-state index < -0.39 is 17.9 Å². The molecule has 1 aromatic rings. The third-order valence-electron chi connectivity index (χ3n) is 2.86. The summed E-state index contributed by atoms with van der Waals surface area (Å²) in [6, 6.07) is 3.45. The second-order valence-corrected chi connectivity index (χ2v) is 5.01. The molecule has 6 nitrogen and oxygen atoms in total. The monoisotopic (exact) mass is 283 g/mol. The molecule has 1 aliphatic heterocycles. The third-order valence-corrected chi connectivity index (χ3v) is 3.88. The van der Waals surface area contributed by atoms with Gasteiger partial charge in [-0.25, -0.2) is 4.79 Å². The Bertz CT molecular complexity index is 519. The van der Waals surface area contributed by atoms with Crippen molar-refractivity contribution in [3.05, 3.63) is 23.8 Å². The summed E-state index contributed by atoms with van der Waals surface area (Å²) in [6.07, 6.45) is 0. The van der Waals surface area contributed by atoms with Crippen molar-refractivity contribution in [3.8, 4) is 11.5 Å². The predicted octanol–water partition coefficient (Wildman–Crippen LogP) is 1.00. The van der Waals surface area contributed by atoms with Crippen molar-refractivity contribution in [1.82, 2.24) is 4.90 Å². The molecule has 1 heterocycles. The fraction of sp³-hybridized carbons (Fsp3) is 0.333. The zero-order chi connectivity index (χ0) is 14.0. The Morgan fingerprint density at radius 1 is 1.47 bits per heavy atom. The highest BCUT2D eigenvalue weighted by atomic mass is 32.2. The van der Waals surface area contributed by atoms with Gasteiger partial charge in [0, 0.05) is 11.8 Å². The van der Waals surface area contributed by atoms with Gasteiger partial charge in [0.1, 0.15) is 17.5 Å². The number of carbonyl (C=O) groups is 2. The zero-order valence-corrected chi connectivity index (χ0v) is 11.0. The molecule has 0 spiro atoms. The Hall–Kier alpha value is -1.89. The van der Waals surface area contributed by atoms with Crippen molar-refractivity contribution in [1.29, 1.82) is 0 Å². The molecule has 1 atom stereocenters. The minimum absolute atomic E-state index is 0.0783. The van der Waals surface area contributed by atoms with Gasteiger partial charge in [0.2, 0.25) is 0 Å². The molecular weight excluding hydrogens is 270 g/mol. The molecule has 7 heteroatoms. The Balaban J connectivity index is 2.26. The van der Waals surface area contributed by atoms with E-state index in [9.17, 15) is 14.7 Å². The first-order valence-electron chi connectivity index (χ1n) is 5.53. The summed E-state index contributed by atoms with van der Waals surface area (Å²) < 4.78 is 4.93. The number of ether oxygens (including phenoxy) is 1. The highest BCUT2D eigenvalue weighted by Crippen LogP contribution is 2.28. The topological polar surface area (TPSA) is 87.1 Å². The number of amides is 1. The van der Waals surface area contributed by atoms with Crippen LogP contribution in [0.25, 0.3) is 0 Å². The van der Waals surface area contributed by atoms with Gasteiger partial charge in [-0.15, -0.1) is 11.8 Å². The molecule has 2 N–H and O–H groups in total. The van der Waals surface area contributed by atoms with Gasteiger partial charge in [-0.2, -0.15) is 0 Å². The number of carboxylic acids is 1. The van der Waals surface area contributed by atoms with Crippen LogP contribution < -0.4 is 4.74 Å². The maximum atomic E-state index is 12.2. The number of rotatable bonds is 3. The standard InChI is InChI=1S/C12H13NO5S/c1-18-7-2-3-8(10(14)4-7)11(15)13-6-19-5-9(13)12(16)17/h2-4,9,14H,5-6H2,1H3,(H,16,17). The number of phenols is 1. The number of carbonyl (C=O) groups excluding carboxylic acids is 1. The summed E-state index contributed by atoms with van der Waals surface area (Å²) in [5.41, 5.74) is 0.0783. The number of nitrogens with zero attached hydrogens (tertiary/aromatic N) is 1. The Kier molecular flexibility index (Phi) is 3.84. The third kappa shape index (κ3) is 2.60. The molecule has 0 saturated carbocycles. The van der Waals surface area contributed by atoms with E-state index in [1.54, 1.807) is 6.07 Å². The van der Waals surface area contributed by atoms with Crippen molar-refractivity contribution in [2.24, 2.45) is 0 Å². The van der Waals surface area contributed by atoms with Gasteiger partial charge in [-0.3, -0.25) is 4.79 Å². The molecule has 0 aliphatic carbocycles. The first-order valence-corrected chi connectivity index (χ1v) is 6.68. The van der Waals surface area contributed by atoms with Gasteiger partial charge in [-0.05, 0) is 12.1 Å². The lowest BCUT2D eigenvalue weighted by atomic mass is 10.1. The minimum atomic E-state index is -1.04. The van der Waals surface area contributed by atoms with Crippen LogP contribution in [0.2, 0.25) is 0 Å². The maximum absolute atomic E-state index is 12.2. The smallest absolute Gasteiger partial charge is 0.327 e. The van der Waals surface area contributed by atoms with E-state index in [1.165, 1.54) is 35.9 Å². The van der Waals surface area contributed by atoms with Crippen LogP contribution in [0.4, 0.5) is 0 Å². The van der Waals surface area contributed by atoms with Crippen LogP contribution in [-0.4, -0.2) is 51.8 Å². The summed E-state index contributed by atoms with van der Waals surface area (Å²) in [5.74, 6) is -0.645. The number of thioether (sulfide) groups is 1. The summed E-state index contributed by atoms with van der Waals surface area (Å²) in [7, 11) is 1.45. The average molecular weight is 283 g/mol. The quantitative estimate of drug-likeness (QED) is 0.860. The number of hydrogen-bond donors (Lipinski definition) is 2. The highest BCUT2D eigenvalue weighted by molar-refractivity contribution is 7.99. The summed E-state index contributed by atoms with van der Waals surface area (Å²) >= 11 is 1.37. The molecule has 2 rings (SSSR count). The van der Waals surface area contributed by atoms with Crippen LogP contribution in [0.5, 0.6) is 11.5 Å². The zero-order valence-electron chi connectivity index (χ0n) is 10.2. The normalized spacial score (nSPS) is 18.4. The molecule has 1 aliphatic rings. The van der Waals surface area contributed by atoms with Crippen molar-refractivity contribution in [3.63, 3.8) is 0 Å². The second-order valence-electron chi connectivity index (χ2n) is 4.01. The van der Waals surface area contributed by atoms with Crippen molar-refractivity contribution in [2.75, 3.05) is 18.7 Å². The number of hydrogen-bond acceptors (Lipinski definition) is 5. The Morgan fingerprint density at radius 2 is 2.21 bits per heavy atom. The lowest BCUT2D eigenvalue weighted by molar-refractivity contribution is -0.140. The SMILES string of the molecule is COc1ccc(C(=O)N2CSCC2C(=O)O)c(O)c1. The van der Waals surface area contributed by atoms with Crippen LogP contribution in [0.1, 0.15) is 10.4 Å². The minimum Gasteiger partial charge on any atom is -0.507 e. The fourth-order valence-corrected chi connectivity index (χ4v) is 2.97. The lowest BCUT2D eigenvalue weighted by Crippen LogP contribution is -2.41. The van der Waals surface area contributed by atoms with E-state index >= 15 is 0 Å². The number of aliphatic carboxylic acids is 1. The summed E-state index contributed by atoms with van der Waals surface area (Å²) in [4.78, 5) is 24.5. The van der Waals surface area contributed by atoms with E-state index in [2.05, 4.69) is 0 Å². The Labute approximate surface area is 114 Å². The van der Waals surface area contributed by atoms with E-state index in [0.717, 1.165) is 0 Å². The van der Waals surface area contributed by atoms with Crippen LogP contribution in [0.3, 0.4) is 0 Å². The molecule has 1 saturated heterocycles. The van der Waals surface area contributed by atoms with Gasteiger partial charge in [0.25, 0.3) is 5.91 Å². The van der Waals surface area contributed by atoms with Crippen molar-refractivity contribution in [2.45, 2.75) is 6.04 Å². The molecule has 19 heavy (non-hydrogen) atoms. The van der Waals surface area contributed by atoms with E-state index in [1.807, 2.05) is 0 Å². The van der Waals surface area contributed by atoms with Crippen LogP contribution in [-0.2, 0) is 4.79 Å². The lowest BCUT2D eigenvalue weighted by Gasteiger charge is -2.21. The van der Waals surface area contributed by atoms with Crippen molar-refractivity contribution < 1.29 is 24.5 Å². The first-order chi connectivity index (χ1) is 9.04. The largest absolute Gasteiger partial charge is 0.507 e. The molecule has 1 unspecified atom stereocenters. The molecule has 0 bridgehead atoms. The van der Waals surface area contributed by atoms with Gasteiger partial charge in [0.15, 0.2) is 0 Å². The molecule has 1 fully saturated rings. The van der Waals surface area contributed by atoms with Gasteiger partial charge < -0.3 is 19.8 Å². The predicted molar refractivity (Wildman–Crippen MR) is 69.6 cm³/mol. The number of methoxy groups -OCH3 is 1. The Morgan fingerprint density at radius 3 is 2.79 bits per heavy atom. The van der Waals surface area contributed by atoms with E-state index in [0.29, 0.717) is 17.4 Å².